The van der Waals surface area contributed by atoms with Crippen LogP contribution >= 0.6 is 23.5 Å². The van der Waals surface area contributed by atoms with Crippen LogP contribution in [0.25, 0.3) is 0 Å². The molecular formula is C9H20S2. The Labute approximate surface area is 79.9 Å². The molecule has 0 aromatic heterocycles. The van der Waals surface area contributed by atoms with Crippen LogP contribution in [0.3, 0.4) is 0 Å². The minimum absolute atomic E-state index is 0.916. The van der Waals surface area contributed by atoms with Crippen molar-refractivity contribution in [2.24, 2.45) is 0 Å². The van der Waals surface area contributed by atoms with Crippen molar-refractivity contribution in [2.45, 2.75) is 38.9 Å². The zero-order chi connectivity index (χ0) is 8.53. The lowest BCUT2D eigenvalue weighted by Crippen LogP contribution is -2.02. The van der Waals surface area contributed by atoms with Gasteiger partial charge in [-0.3, -0.25) is 0 Å². The van der Waals surface area contributed by atoms with Crippen LogP contribution in [0, 0.1) is 0 Å². The predicted octanol–water partition coefficient (Wildman–Crippen LogP) is 3.66. The summed E-state index contributed by atoms with van der Waals surface area (Å²) in [5.41, 5.74) is 0. The van der Waals surface area contributed by atoms with Gasteiger partial charge in [-0.05, 0) is 30.1 Å². The summed E-state index contributed by atoms with van der Waals surface area (Å²) >= 11 is 4.18. The van der Waals surface area contributed by atoms with Crippen LogP contribution < -0.4 is 0 Å². The van der Waals surface area contributed by atoms with Gasteiger partial charge in [-0.2, -0.15) is 23.5 Å². The Bertz CT molecular complexity index is 74.0. The number of hydrogen-bond acceptors (Lipinski definition) is 2. The van der Waals surface area contributed by atoms with Crippen molar-refractivity contribution in [3.63, 3.8) is 0 Å². The van der Waals surface area contributed by atoms with Gasteiger partial charge < -0.3 is 0 Å². The first-order chi connectivity index (χ1) is 5.35. The van der Waals surface area contributed by atoms with Crippen LogP contribution in [0.4, 0.5) is 0 Å². The lowest BCUT2D eigenvalue weighted by molar-refractivity contribution is 0.799. The van der Waals surface area contributed by atoms with E-state index in [-0.39, 0.29) is 0 Å². The second kappa shape index (κ2) is 8.79. The number of hydrogen-bond donors (Lipinski definition) is 0. The van der Waals surface area contributed by atoms with E-state index in [1.165, 1.54) is 30.1 Å². The first-order valence-corrected chi connectivity index (χ1v) is 6.74. The smallest absolute Gasteiger partial charge is 0.00521 e. The minimum atomic E-state index is 0.916. The van der Waals surface area contributed by atoms with Gasteiger partial charge in [0.1, 0.15) is 0 Å². The van der Waals surface area contributed by atoms with Gasteiger partial charge in [-0.15, -0.1) is 0 Å². The predicted molar refractivity (Wildman–Crippen MR) is 59.8 cm³/mol. The fraction of sp³-hybridized carbons (Fsp3) is 1.00. The minimum Gasteiger partial charge on any atom is -0.162 e. The molecule has 2 heteroatoms. The molecule has 0 radical (unpaired) electrons. The topological polar surface area (TPSA) is 0 Å². The second-order valence-corrected chi connectivity index (χ2v) is 5.44. The highest BCUT2D eigenvalue weighted by molar-refractivity contribution is 8.00. The normalized spacial score (nSPS) is 13.4. The molecule has 0 bridgehead atoms. The van der Waals surface area contributed by atoms with E-state index >= 15 is 0 Å². The molecule has 0 rings (SSSR count). The zero-order valence-corrected chi connectivity index (χ0v) is 9.56. The molecule has 0 nitrogen and oxygen atoms in total. The monoisotopic (exact) mass is 192 g/mol. The maximum atomic E-state index is 2.30. The van der Waals surface area contributed by atoms with Gasteiger partial charge in [-0.1, -0.05) is 20.8 Å². The van der Waals surface area contributed by atoms with E-state index in [0.29, 0.717) is 0 Å². The number of thioether (sulfide) groups is 2. The van der Waals surface area contributed by atoms with E-state index < -0.39 is 0 Å². The molecular weight excluding hydrogens is 172 g/mol. The first-order valence-electron chi connectivity index (χ1n) is 4.54. The Morgan fingerprint density at radius 2 is 1.82 bits per heavy atom. The van der Waals surface area contributed by atoms with Crippen LogP contribution in [0.2, 0.25) is 0 Å². The molecule has 1 atom stereocenters. The van der Waals surface area contributed by atoms with Gasteiger partial charge >= 0.3 is 0 Å². The Balaban J connectivity index is 3.20. The van der Waals surface area contributed by atoms with E-state index in [4.69, 9.17) is 0 Å². The summed E-state index contributed by atoms with van der Waals surface area (Å²) in [5, 5.41) is 0.916. The molecule has 0 N–H and O–H groups in total. The molecule has 0 heterocycles. The third-order valence-electron chi connectivity index (χ3n) is 1.65. The molecule has 0 aliphatic carbocycles. The molecule has 1 unspecified atom stereocenters. The fourth-order valence-electron chi connectivity index (χ4n) is 1.00. The first kappa shape index (κ1) is 11.7. The van der Waals surface area contributed by atoms with Crippen LogP contribution in [0.1, 0.15) is 33.6 Å². The summed E-state index contributed by atoms with van der Waals surface area (Å²) in [4.78, 5) is 0. The molecule has 0 spiro atoms. The maximum absolute atomic E-state index is 2.30. The third-order valence-corrected chi connectivity index (χ3v) is 3.95. The van der Waals surface area contributed by atoms with Gasteiger partial charge in [0.2, 0.25) is 0 Å². The summed E-state index contributed by atoms with van der Waals surface area (Å²) < 4.78 is 0. The van der Waals surface area contributed by atoms with Crippen molar-refractivity contribution in [3.8, 4) is 0 Å². The van der Waals surface area contributed by atoms with Crippen LogP contribution in [-0.4, -0.2) is 22.5 Å². The summed E-state index contributed by atoms with van der Waals surface area (Å²) in [6.07, 6.45) is 2.73. The van der Waals surface area contributed by atoms with Crippen LogP contribution in [0.15, 0.2) is 0 Å². The summed E-state index contributed by atoms with van der Waals surface area (Å²) in [6, 6.07) is 0. The van der Waals surface area contributed by atoms with E-state index in [0.717, 1.165) is 5.25 Å². The molecule has 0 saturated carbocycles. The highest BCUT2D eigenvalue weighted by Gasteiger charge is 2.03. The quantitative estimate of drug-likeness (QED) is 0.565. The average Bonchev–Trinajstić information content (AvgIpc) is 2.03. The molecule has 0 aromatic rings. The fourth-order valence-corrected chi connectivity index (χ4v) is 2.88. The molecule has 0 amide bonds. The standard InChI is InChI=1S/C9H20S2/c1-4-9(11-6-3)7-8-10-5-2/h9H,4-8H2,1-3H3. The Hall–Kier alpha value is 0.700. The summed E-state index contributed by atoms with van der Waals surface area (Å²) in [5.74, 6) is 3.89. The zero-order valence-electron chi connectivity index (χ0n) is 7.93. The molecule has 0 aromatic carbocycles. The van der Waals surface area contributed by atoms with Crippen molar-refractivity contribution in [1.29, 1.82) is 0 Å². The van der Waals surface area contributed by atoms with Gasteiger partial charge in [0, 0.05) is 5.25 Å². The molecule has 0 aliphatic rings. The van der Waals surface area contributed by atoms with Gasteiger partial charge in [0.25, 0.3) is 0 Å². The maximum Gasteiger partial charge on any atom is 0.00521 e. The second-order valence-electron chi connectivity index (χ2n) is 2.47. The van der Waals surface area contributed by atoms with Gasteiger partial charge in [0.15, 0.2) is 0 Å². The third kappa shape index (κ3) is 7.07. The SMILES string of the molecule is CCSCCC(CC)SCC. The summed E-state index contributed by atoms with van der Waals surface area (Å²) in [7, 11) is 0. The van der Waals surface area contributed by atoms with Crippen molar-refractivity contribution >= 4 is 23.5 Å². The van der Waals surface area contributed by atoms with Gasteiger partial charge in [-0.25, -0.2) is 0 Å². The van der Waals surface area contributed by atoms with Crippen molar-refractivity contribution in [2.75, 3.05) is 17.3 Å². The molecule has 68 valence electrons. The van der Waals surface area contributed by atoms with Crippen molar-refractivity contribution in [3.05, 3.63) is 0 Å². The van der Waals surface area contributed by atoms with E-state index in [2.05, 4.69) is 44.3 Å². The number of rotatable bonds is 7. The Kier molecular flexibility index (Phi) is 9.35. The average molecular weight is 192 g/mol. The Morgan fingerprint density at radius 3 is 2.27 bits per heavy atom. The van der Waals surface area contributed by atoms with Crippen LogP contribution in [-0.2, 0) is 0 Å². The van der Waals surface area contributed by atoms with E-state index in [1.807, 2.05) is 0 Å². The largest absolute Gasteiger partial charge is 0.162 e. The summed E-state index contributed by atoms with van der Waals surface area (Å²) in [6.45, 7) is 6.78. The lowest BCUT2D eigenvalue weighted by Gasteiger charge is -2.11. The van der Waals surface area contributed by atoms with E-state index in [9.17, 15) is 0 Å². The van der Waals surface area contributed by atoms with E-state index in [1.54, 1.807) is 0 Å². The molecule has 11 heavy (non-hydrogen) atoms. The lowest BCUT2D eigenvalue weighted by atomic mass is 10.3. The Morgan fingerprint density at radius 1 is 1.09 bits per heavy atom. The van der Waals surface area contributed by atoms with Crippen molar-refractivity contribution in [1.82, 2.24) is 0 Å². The van der Waals surface area contributed by atoms with Crippen LogP contribution in [0.5, 0.6) is 0 Å². The van der Waals surface area contributed by atoms with Crippen molar-refractivity contribution < 1.29 is 0 Å². The highest BCUT2D eigenvalue weighted by atomic mass is 32.2. The molecule has 0 saturated heterocycles. The highest BCUT2D eigenvalue weighted by Crippen LogP contribution is 2.19. The molecule has 0 aliphatic heterocycles. The van der Waals surface area contributed by atoms with Gasteiger partial charge in [0.05, 0.1) is 0 Å². The molecule has 0 fully saturated rings.